The highest BCUT2D eigenvalue weighted by atomic mass is 32.1. The molecule has 0 spiro atoms. The molecule has 5 heterocycles. The van der Waals surface area contributed by atoms with E-state index >= 15 is 0 Å². The molecule has 0 saturated carbocycles. The number of anilines is 1. The molecule has 13 nitrogen and oxygen atoms in total. The number of benzene rings is 3. The van der Waals surface area contributed by atoms with E-state index in [-0.39, 0.29) is 12.5 Å². The van der Waals surface area contributed by atoms with Crippen LogP contribution in [0.4, 0.5) is 5.13 Å². The van der Waals surface area contributed by atoms with Crippen LogP contribution in [0.15, 0.2) is 90.4 Å². The van der Waals surface area contributed by atoms with Crippen LogP contribution < -0.4 is 14.4 Å². The van der Waals surface area contributed by atoms with Gasteiger partial charge in [0.1, 0.15) is 18.8 Å². The number of hydrogen-bond donors (Lipinski definition) is 0. The number of para-hydroxylation sites is 1. The average Bonchev–Trinajstić information content (AvgIpc) is 3.95. The molecule has 0 aliphatic carbocycles. The van der Waals surface area contributed by atoms with Gasteiger partial charge in [-0.3, -0.25) is 9.36 Å². The van der Waals surface area contributed by atoms with Crippen molar-refractivity contribution >= 4 is 69.0 Å². The zero-order chi connectivity index (χ0) is 40.2. The summed E-state index contributed by atoms with van der Waals surface area (Å²) in [6.07, 6.45) is 6.14. The van der Waals surface area contributed by atoms with Gasteiger partial charge in [0.15, 0.2) is 21.3 Å². The first-order chi connectivity index (χ1) is 28.1. The lowest BCUT2D eigenvalue weighted by Gasteiger charge is -2.29. The predicted molar refractivity (Wildman–Crippen MR) is 229 cm³/mol. The number of aromatic nitrogens is 6. The minimum Gasteiger partial charge on any atom is -0.493 e. The highest BCUT2D eigenvalue weighted by molar-refractivity contribution is 7.16. The van der Waals surface area contributed by atoms with Crippen LogP contribution in [0.3, 0.4) is 0 Å². The fraction of sp³-hybridized carbons (Fsp3) is 0.310. The maximum absolute atomic E-state index is 14.1. The third-order valence-corrected chi connectivity index (χ3v) is 13.8. The molecule has 8 rings (SSSR count). The number of ether oxygens (including phenoxy) is 3. The van der Waals surface area contributed by atoms with Gasteiger partial charge in [-0.05, 0) is 73.0 Å². The second-order valence-corrected chi connectivity index (χ2v) is 22.8. The van der Waals surface area contributed by atoms with E-state index in [0.29, 0.717) is 72.8 Å². The van der Waals surface area contributed by atoms with E-state index in [2.05, 4.69) is 45.7 Å². The van der Waals surface area contributed by atoms with Crippen LogP contribution in [-0.4, -0.2) is 75.6 Å². The molecule has 0 N–H and O–H groups in total. The minimum absolute atomic E-state index is 0.238. The van der Waals surface area contributed by atoms with Crippen molar-refractivity contribution in [2.24, 2.45) is 4.99 Å². The van der Waals surface area contributed by atoms with Crippen LogP contribution in [0.1, 0.15) is 43.8 Å². The fourth-order valence-electron chi connectivity index (χ4n) is 6.77. The van der Waals surface area contributed by atoms with E-state index < -0.39 is 14.0 Å². The Morgan fingerprint density at radius 2 is 1.81 bits per heavy atom. The first-order valence-electron chi connectivity index (χ1n) is 19.3. The lowest BCUT2D eigenvalue weighted by molar-refractivity contribution is 0.0519. The maximum atomic E-state index is 14.1. The van der Waals surface area contributed by atoms with Gasteiger partial charge >= 0.3 is 5.97 Å². The van der Waals surface area contributed by atoms with E-state index in [9.17, 15) is 9.59 Å². The molecule has 3 aromatic carbocycles. The van der Waals surface area contributed by atoms with Crippen LogP contribution in [0, 0.1) is 0 Å². The monoisotopic (exact) mass is 832 g/mol. The minimum atomic E-state index is -1.26. The Kier molecular flexibility index (Phi) is 11.6. The van der Waals surface area contributed by atoms with Gasteiger partial charge in [-0.2, -0.15) is 10.1 Å². The lowest BCUT2D eigenvalue weighted by atomic mass is 9.95. The van der Waals surface area contributed by atoms with Crippen molar-refractivity contribution in [2.45, 2.75) is 58.7 Å². The van der Waals surface area contributed by atoms with Gasteiger partial charge in [0.05, 0.1) is 40.7 Å². The Morgan fingerprint density at radius 1 is 0.966 bits per heavy atom. The van der Waals surface area contributed by atoms with Crippen molar-refractivity contribution in [1.82, 2.24) is 29.3 Å². The summed E-state index contributed by atoms with van der Waals surface area (Å²) in [6, 6.07) is 22.6. The van der Waals surface area contributed by atoms with Crippen molar-refractivity contribution in [1.29, 1.82) is 0 Å². The van der Waals surface area contributed by atoms with Gasteiger partial charge in [-0.25, -0.2) is 24.4 Å². The van der Waals surface area contributed by atoms with Gasteiger partial charge in [-0.15, -0.1) is 11.3 Å². The van der Waals surface area contributed by atoms with Crippen molar-refractivity contribution in [3.05, 3.63) is 118 Å². The van der Waals surface area contributed by atoms with E-state index in [1.165, 1.54) is 29.0 Å². The lowest BCUT2D eigenvalue weighted by Crippen LogP contribution is -2.31. The maximum Gasteiger partial charge on any atom is 0.358 e. The molecular weight excluding hydrogens is 789 g/mol. The average molecular weight is 833 g/mol. The number of carbonyl (C=O) groups excluding carboxylic acids is 2. The summed E-state index contributed by atoms with van der Waals surface area (Å²) in [5, 5.41) is 5.99. The molecule has 1 aliphatic rings. The third kappa shape index (κ3) is 8.64. The van der Waals surface area contributed by atoms with Gasteiger partial charge in [0.25, 0.3) is 5.91 Å². The van der Waals surface area contributed by atoms with Gasteiger partial charge < -0.3 is 19.1 Å². The highest BCUT2D eigenvalue weighted by Crippen LogP contribution is 2.33. The summed E-state index contributed by atoms with van der Waals surface area (Å²) in [7, 11) is -1.26. The van der Waals surface area contributed by atoms with Crippen molar-refractivity contribution < 1.29 is 23.8 Å². The highest BCUT2D eigenvalue weighted by Gasteiger charge is 2.27. The summed E-state index contributed by atoms with van der Waals surface area (Å²) in [6.45, 7) is 11.5. The summed E-state index contributed by atoms with van der Waals surface area (Å²) >= 11 is 2.94. The number of hydrogen-bond acceptors (Lipinski definition) is 12. The number of fused-ring (bicyclic) bond motifs is 3. The van der Waals surface area contributed by atoms with E-state index in [4.69, 9.17) is 24.2 Å². The normalized spacial score (nSPS) is 13.3. The zero-order valence-electron chi connectivity index (χ0n) is 32.9. The molecule has 0 saturated heterocycles. The number of nitrogens with zero attached hydrogens (tertiary/aromatic N) is 8. The van der Waals surface area contributed by atoms with Crippen LogP contribution in [0.2, 0.25) is 25.7 Å². The molecule has 1 amide bonds. The second kappa shape index (κ2) is 17.1. The first-order valence-corrected chi connectivity index (χ1v) is 24.6. The summed E-state index contributed by atoms with van der Waals surface area (Å²) in [5.41, 5.74) is 5.43. The Bertz CT molecular complexity index is 2660. The molecule has 298 valence electrons. The molecule has 16 heteroatoms. The van der Waals surface area contributed by atoms with Gasteiger partial charge in [0, 0.05) is 50.8 Å². The van der Waals surface area contributed by atoms with E-state index in [1.54, 1.807) is 24.0 Å². The Balaban J connectivity index is 0.992. The molecule has 7 aromatic rings. The van der Waals surface area contributed by atoms with Crippen LogP contribution in [0.25, 0.3) is 26.9 Å². The number of thiazole rings is 2. The van der Waals surface area contributed by atoms with Crippen LogP contribution >= 0.6 is 22.7 Å². The molecular formula is C42H44N8O5S2Si. The fourth-order valence-corrected chi connectivity index (χ4v) is 9.60. The largest absolute Gasteiger partial charge is 0.493 e. The Labute approximate surface area is 344 Å². The Hall–Kier alpha value is -5.55. The standard InChI is InChI=1S/C42H44N8O5S2Si/c1-5-54-40(52)37-36(18-20-55-31-15-13-30(14-16-31)50-38-29(24-45-50)23-43-26-44-38)57-41(46-37)48-19-17-28-9-8-10-32(33(28)25-48)39(51)47-42-49(27-53-21-22-58(2,3)4)34-11-6-7-12-35(34)56-42/h6-16,23-24,26H,5,17-22,25,27H2,1-4H3. The molecule has 0 radical (unpaired) electrons. The van der Waals surface area contributed by atoms with Crippen LogP contribution in [-0.2, 0) is 35.6 Å². The number of carbonyl (C=O) groups is 2. The Morgan fingerprint density at radius 3 is 2.64 bits per heavy atom. The third-order valence-electron chi connectivity index (χ3n) is 9.84. The van der Waals surface area contributed by atoms with Crippen molar-refractivity contribution in [3.8, 4) is 11.4 Å². The molecule has 0 fully saturated rings. The topological polar surface area (TPSA) is 139 Å². The molecule has 58 heavy (non-hydrogen) atoms. The van der Waals surface area contributed by atoms with E-state index in [0.717, 1.165) is 49.0 Å². The number of rotatable bonds is 14. The molecule has 0 bridgehead atoms. The first kappa shape index (κ1) is 39.3. The zero-order valence-corrected chi connectivity index (χ0v) is 35.5. The molecule has 0 unspecified atom stereocenters. The quantitative estimate of drug-likeness (QED) is 0.0609. The SMILES string of the molecule is CCOC(=O)c1nc(N2CCc3cccc(C(=O)N=c4sc5ccccc5n4COCC[Si](C)(C)C)c3C2)sc1CCOc1ccc(-n2ncc3cncnc32)cc1. The van der Waals surface area contributed by atoms with Crippen molar-refractivity contribution in [2.75, 3.05) is 31.3 Å². The van der Waals surface area contributed by atoms with E-state index in [1.807, 2.05) is 65.2 Å². The molecule has 1 aliphatic heterocycles. The van der Waals surface area contributed by atoms with Crippen molar-refractivity contribution in [3.63, 3.8) is 0 Å². The van der Waals surface area contributed by atoms with Gasteiger partial charge in [0.2, 0.25) is 0 Å². The number of esters is 1. The summed E-state index contributed by atoms with van der Waals surface area (Å²) in [5.74, 6) is -0.0821. The molecule has 4 aromatic heterocycles. The second-order valence-electron chi connectivity index (χ2n) is 15.1. The van der Waals surface area contributed by atoms with Gasteiger partial charge in [-0.1, -0.05) is 55.2 Å². The van der Waals surface area contributed by atoms with Crippen LogP contribution in [0.5, 0.6) is 5.75 Å². The number of amides is 1. The summed E-state index contributed by atoms with van der Waals surface area (Å²) < 4.78 is 22.5. The summed E-state index contributed by atoms with van der Waals surface area (Å²) in [4.78, 5) is 48.7. The smallest absolute Gasteiger partial charge is 0.358 e. The molecule has 0 atom stereocenters. The predicted octanol–water partition coefficient (Wildman–Crippen LogP) is 7.70.